The van der Waals surface area contributed by atoms with Gasteiger partial charge >= 0.3 is 0 Å². The Hall–Kier alpha value is -1.58. The van der Waals surface area contributed by atoms with Crippen LogP contribution >= 0.6 is 0 Å². The van der Waals surface area contributed by atoms with Gasteiger partial charge in [0.05, 0.1) is 6.42 Å². The zero-order chi connectivity index (χ0) is 8.97. The molecule has 0 bridgehead atoms. The van der Waals surface area contributed by atoms with E-state index in [2.05, 4.69) is 9.97 Å². The molecule has 1 aromatic heterocycles. The zero-order valence-corrected chi connectivity index (χ0v) is 6.65. The van der Waals surface area contributed by atoms with Crippen LogP contribution in [0.4, 0.5) is 0 Å². The number of rotatable bonds is 3. The molecular formula is C8H8N2O2. The second-order valence-corrected chi connectivity index (χ2v) is 2.40. The van der Waals surface area contributed by atoms with Gasteiger partial charge in [-0.1, -0.05) is 0 Å². The van der Waals surface area contributed by atoms with Crippen LogP contribution < -0.4 is 0 Å². The fourth-order valence-corrected chi connectivity index (χ4v) is 0.772. The summed E-state index contributed by atoms with van der Waals surface area (Å²) in [6.07, 6.45) is 2.67. The van der Waals surface area contributed by atoms with Gasteiger partial charge in [-0.05, 0) is 13.0 Å². The molecule has 0 spiro atoms. The molecule has 0 saturated heterocycles. The number of aromatic nitrogens is 2. The van der Waals surface area contributed by atoms with E-state index in [-0.39, 0.29) is 18.0 Å². The van der Waals surface area contributed by atoms with Crippen molar-refractivity contribution in [2.24, 2.45) is 0 Å². The average molecular weight is 164 g/mol. The van der Waals surface area contributed by atoms with Gasteiger partial charge in [0.1, 0.15) is 17.8 Å². The topological polar surface area (TPSA) is 59.9 Å². The van der Waals surface area contributed by atoms with E-state index in [0.717, 1.165) is 0 Å². The van der Waals surface area contributed by atoms with Crippen molar-refractivity contribution in [2.75, 3.05) is 0 Å². The highest BCUT2D eigenvalue weighted by atomic mass is 16.1. The summed E-state index contributed by atoms with van der Waals surface area (Å²) in [5.41, 5.74) is 0.292. The summed E-state index contributed by atoms with van der Waals surface area (Å²) in [6.45, 7) is 1.37. The van der Waals surface area contributed by atoms with Gasteiger partial charge in [0.2, 0.25) is 0 Å². The SMILES string of the molecule is CC(=O)CC(=O)c1ccncn1. The van der Waals surface area contributed by atoms with Crippen LogP contribution in [0.3, 0.4) is 0 Å². The molecule has 62 valence electrons. The molecule has 1 aromatic rings. The molecule has 1 rings (SSSR count). The third kappa shape index (κ3) is 2.23. The van der Waals surface area contributed by atoms with Gasteiger partial charge in [-0.15, -0.1) is 0 Å². The third-order valence-corrected chi connectivity index (χ3v) is 1.28. The van der Waals surface area contributed by atoms with E-state index < -0.39 is 0 Å². The minimum atomic E-state index is -0.259. The first-order chi connectivity index (χ1) is 5.70. The first kappa shape index (κ1) is 8.52. The molecule has 0 unspecified atom stereocenters. The van der Waals surface area contributed by atoms with Crippen molar-refractivity contribution in [1.29, 1.82) is 0 Å². The van der Waals surface area contributed by atoms with Crippen molar-refractivity contribution in [3.8, 4) is 0 Å². The summed E-state index contributed by atoms with van der Waals surface area (Å²) in [4.78, 5) is 29.1. The van der Waals surface area contributed by atoms with Crippen molar-refractivity contribution in [1.82, 2.24) is 9.97 Å². The van der Waals surface area contributed by atoms with E-state index in [1.54, 1.807) is 0 Å². The second kappa shape index (κ2) is 3.71. The summed E-state index contributed by atoms with van der Waals surface area (Å²) in [5.74, 6) is -0.413. The predicted octanol–water partition coefficient (Wildman–Crippen LogP) is 0.638. The first-order valence-corrected chi connectivity index (χ1v) is 3.49. The van der Waals surface area contributed by atoms with Crippen molar-refractivity contribution < 1.29 is 9.59 Å². The maximum absolute atomic E-state index is 11.1. The maximum atomic E-state index is 11.1. The minimum absolute atomic E-state index is 0.0863. The fourth-order valence-electron chi connectivity index (χ4n) is 0.772. The molecular weight excluding hydrogens is 156 g/mol. The number of carbonyl (C=O) groups is 2. The van der Waals surface area contributed by atoms with Gasteiger partial charge in [0, 0.05) is 6.20 Å². The molecule has 0 aliphatic rings. The molecule has 12 heavy (non-hydrogen) atoms. The molecule has 0 aliphatic carbocycles. The van der Waals surface area contributed by atoms with Crippen LogP contribution in [0, 0.1) is 0 Å². The third-order valence-electron chi connectivity index (χ3n) is 1.28. The summed E-state index contributed by atoms with van der Waals surface area (Å²) in [5, 5.41) is 0. The molecule has 0 aliphatic heterocycles. The first-order valence-electron chi connectivity index (χ1n) is 3.49. The standard InChI is InChI=1S/C8H8N2O2/c1-6(11)4-8(12)7-2-3-9-5-10-7/h2-3,5H,4H2,1H3. The summed E-state index contributed by atoms with van der Waals surface area (Å²) in [7, 11) is 0. The van der Waals surface area contributed by atoms with Crippen LogP contribution in [0.25, 0.3) is 0 Å². The van der Waals surface area contributed by atoms with Crippen LogP contribution in [-0.2, 0) is 4.79 Å². The fraction of sp³-hybridized carbons (Fsp3) is 0.250. The smallest absolute Gasteiger partial charge is 0.188 e. The molecule has 4 heteroatoms. The maximum Gasteiger partial charge on any atom is 0.188 e. The van der Waals surface area contributed by atoms with E-state index in [1.807, 2.05) is 0 Å². The Morgan fingerprint density at radius 2 is 2.25 bits per heavy atom. The van der Waals surface area contributed by atoms with E-state index in [9.17, 15) is 9.59 Å². The molecule has 0 N–H and O–H groups in total. The lowest BCUT2D eigenvalue weighted by Crippen LogP contribution is -2.06. The van der Waals surface area contributed by atoms with Crippen LogP contribution in [0.5, 0.6) is 0 Å². The Labute approximate surface area is 69.7 Å². The van der Waals surface area contributed by atoms with Crippen LogP contribution in [-0.4, -0.2) is 21.5 Å². The molecule has 0 radical (unpaired) electrons. The van der Waals surface area contributed by atoms with Gasteiger partial charge in [0.15, 0.2) is 5.78 Å². The highest BCUT2D eigenvalue weighted by Gasteiger charge is 2.08. The molecule has 4 nitrogen and oxygen atoms in total. The van der Waals surface area contributed by atoms with Crippen molar-refractivity contribution in [3.05, 3.63) is 24.3 Å². The lowest BCUT2D eigenvalue weighted by Gasteiger charge is -1.94. The lowest BCUT2D eigenvalue weighted by molar-refractivity contribution is -0.116. The number of nitrogens with zero attached hydrogens (tertiary/aromatic N) is 2. The Morgan fingerprint density at radius 1 is 1.50 bits per heavy atom. The largest absolute Gasteiger partial charge is 0.300 e. The van der Waals surface area contributed by atoms with Gasteiger partial charge in [0.25, 0.3) is 0 Å². The number of hydrogen-bond donors (Lipinski definition) is 0. The van der Waals surface area contributed by atoms with E-state index >= 15 is 0 Å². The van der Waals surface area contributed by atoms with Gasteiger partial charge in [-0.2, -0.15) is 0 Å². The highest BCUT2D eigenvalue weighted by Crippen LogP contribution is 1.97. The summed E-state index contributed by atoms with van der Waals surface area (Å²) in [6, 6.07) is 1.49. The number of ketones is 2. The second-order valence-electron chi connectivity index (χ2n) is 2.40. The molecule has 0 atom stereocenters. The number of carbonyl (C=O) groups excluding carboxylic acids is 2. The van der Waals surface area contributed by atoms with Crippen LogP contribution in [0.1, 0.15) is 23.8 Å². The van der Waals surface area contributed by atoms with Gasteiger partial charge in [-0.25, -0.2) is 9.97 Å². The van der Waals surface area contributed by atoms with Gasteiger partial charge < -0.3 is 0 Å². The monoisotopic (exact) mass is 164 g/mol. The lowest BCUT2D eigenvalue weighted by atomic mass is 10.1. The molecule has 0 saturated carbocycles. The Kier molecular flexibility index (Phi) is 2.63. The van der Waals surface area contributed by atoms with Gasteiger partial charge in [-0.3, -0.25) is 9.59 Å². The van der Waals surface area contributed by atoms with Crippen molar-refractivity contribution in [3.63, 3.8) is 0 Å². The molecule has 0 aromatic carbocycles. The Bertz CT molecular complexity index is 295. The van der Waals surface area contributed by atoms with Crippen molar-refractivity contribution >= 4 is 11.6 Å². The minimum Gasteiger partial charge on any atom is -0.300 e. The number of Topliss-reactive ketones (excluding diaryl/α,β-unsaturated/α-hetero) is 2. The quantitative estimate of drug-likeness (QED) is 0.485. The van der Waals surface area contributed by atoms with Crippen LogP contribution in [0.15, 0.2) is 18.6 Å². The summed E-state index contributed by atoms with van der Waals surface area (Å²) < 4.78 is 0. The van der Waals surface area contributed by atoms with E-state index in [0.29, 0.717) is 5.69 Å². The van der Waals surface area contributed by atoms with E-state index in [4.69, 9.17) is 0 Å². The zero-order valence-electron chi connectivity index (χ0n) is 6.65. The van der Waals surface area contributed by atoms with Crippen LogP contribution in [0.2, 0.25) is 0 Å². The van der Waals surface area contributed by atoms with E-state index in [1.165, 1.54) is 25.5 Å². The molecule has 1 heterocycles. The normalized spacial score (nSPS) is 9.42. The predicted molar refractivity (Wildman–Crippen MR) is 41.7 cm³/mol. The summed E-state index contributed by atoms with van der Waals surface area (Å²) >= 11 is 0. The molecule has 0 fully saturated rings. The average Bonchev–Trinajstić information content (AvgIpc) is 2.05. The molecule has 0 amide bonds. The number of hydrogen-bond acceptors (Lipinski definition) is 4. The highest BCUT2D eigenvalue weighted by molar-refractivity contribution is 6.06. The Balaban J connectivity index is 2.73. The van der Waals surface area contributed by atoms with Crippen molar-refractivity contribution in [2.45, 2.75) is 13.3 Å². The Morgan fingerprint density at radius 3 is 2.75 bits per heavy atom.